The molecule has 4 rings (SSSR count). The van der Waals surface area contributed by atoms with Gasteiger partial charge in [0.1, 0.15) is 11.3 Å². The number of carbonyl (C=O) groups excluding carboxylic acids is 1. The van der Waals surface area contributed by atoms with Gasteiger partial charge in [-0.1, -0.05) is 11.6 Å². The number of hydrogen-bond acceptors (Lipinski definition) is 4. The van der Waals surface area contributed by atoms with Gasteiger partial charge in [0.2, 0.25) is 0 Å². The topological polar surface area (TPSA) is 61.1 Å². The van der Waals surface area contributed by atoms with Gasteiger partial charge < -0.3 is 14.4 Å². The Morgan fingerprint density at radius 2 is 2.00 bits per heavy atom. The van der Waals surface area contributed by atoms with Crippen LogP contribution in [0.5, 0.6) is 0 Å². The molecule has 0 bridgehead atoms. The molecule has 2 aliphatic rings. The van der Waals surface area contributed by atoms with Crippen molar-refractivity contribution in [3.8, 4) is 0 Å². The van der Waals surface area contributed by atoms with Crippen LogP contribution in [0.1, 0.15) is 36.2 Å². The van der Waals surface area contributed by atoms with Crippen molar-refractivity contribution in [2.75, 3.05) is 32.8 Å². The summed E-state index contributed by atoms with van der Waals surface area (Å²) in [4.78, 5) is 21.8. The first-order valence-corrected chi connectivity index (χ1v) is 9.80. The molecule has 1 N–H and O–H groups in total. The number of piperidine rings is 2. The van der Waals surface area contributed by atoms with E-state index in [9.17, 15) is 9.90 Å². The molecule has 4 heterocycles. The van der Waals surface area contributed by atoms with E-state index >= 15 is 0 Å². The van der Waals surface area contributed by atoms with Gasteiger partial charge in [-0.05, 0) is 56.8 Å². The monoisotopic (exact) mass is 376 g/mol. The average molecular weight is 377 g/mol. The number of halogens is 1. The lowest BCUT2D eigenvalue weighted by Crippen LogP contribution is -2.52. The second-order valence-electron chi connectivity index (χ2n) is 7.45. The van der Waals surface area contributed by atoms with Crippen LogP contribution in [0.2, 0.25) is 5.02 Å². The molecule has 140 valence electrons. The van der Waals surface area contributed by atoms with E-state index in [2.05, 4.69) is 9.88 Å². The maximum Gasteiger partial charge on any atom is 0.274 e. The molecule has 2 aliphatic heterocycles. The van der Waals surface area contributed by atoms with E-state index in [1.165, 1.54) is 0 Å². The van der Waals surface area contributed by atoms with Crippen molar-refractivity contribution in [2.45, 2.75) is 31.7 Å². The quantitative estimate of drug-likeness (QED) is 0.892. The Hall–Kier alpha value is -1.63. The fourth-order valence-electron chi connectivity index (χ4n) is 4.17. The van der Waals surface area contributed by atoms with E-state index in [0.717, 1.165) is 57.5 Å². The number of fused-ring (bicyclic) bond motifs is 1. The molecule has 7 heteroatoms. The number of aromatic nitrogens is 2. The molecule has 0 aliphatic carbocycles. The van der Waals surface area contributed by atoms with Crippen molar-refractivity contribution in [2.24, 2.45) is 5.92 Å². The molecule has 0 unspecified atom stereocenters. The van der Waals surface area contributed by atoms with Crippen LogP contribution in [0.3, 0.4) is 0 Å². The summed E-state index contributed by atoms with van der Waals surface area (Å²) in [6.07, 6.45) is 7.79. The van der Waals surface area contributed by atoms with E-state index in [-0.39, 0.29) is 5.91 Å². The van der Waals surface area contributed by atoms with Crippen molar-refractivity contribution in [1.82, 2.24) is 19.2 Å². The Labute approximate surface area is 158 Å². The van der Waals surface area contributed by atoms with Crippen LogP contribution in [0.4, 0.5) is 0 Å². The fraction of sp³-hybridized carbons (Fsp3) is 0.579. The first-order chi connectivity index (χ1) is 12.6. The average Bonchev–Trinajstić information content (AvgIpc) is 3.10. The normalized spacial score (nSPS) is 22.8. The molecule has 0 aromatic carbocycles. The molecule has 0 spiro atoms. The Morgan fingerprint density at radius 3 is 2.77 bits per heavy atom. The van der Waals surface area contributed by atoms with Gasteiger partial charge in [0.25, 0.3) is 5.91 Å². The molecule has 2 aromatic heterocycles. The van der Waals surface area contributed by atoms with Crippen molar-refractivity contribution < 1.29 is 9.90 Å². The second-order valence-corrected chi connectivity index (χ2v) is 7.88. The number of imidazole rings is 1. The van der Waals surface area contributed by atoms with Crippen LogP contribution < -0.4 is 0 Å². The SMILES string of the molecule is O=C(c1cn2cc(Cl)ccc2n1)N1CCC[C@H](N2CCC(CO)CC2)C1. The van der Waals surface area contributed by atoms with Gasteiger partial charge in [0.05, 0.1) is 5.02 Å². The number of rotatable bonds is 3. The number of nitrogens with zero attached hydrogens (tertiary/aromatic N) is 4. The minimum absolute atomic E-state index is 0.000216. The zero-order valence-electron chi connectivity index (χ0n) is 14.9. The predicted molar refractivity (Wildman–Crippen MR) is 101 cm³/mol. The molecule has 6 nitrogen and oxygen atoms in total. The van der Waals surface area contributed by atoms with Crippen molar-refractivity contribution in [1.29, 1.82) is 0 Å². The van der Waals surface area contributed by atoms with Crippen molar-refractivity contribution in [3.05, 3.63) is 35.2 Å². The Balaban J connectivity index is 1.44. The minimum Gasteiger partial charge on any atom is -0.396 e. The molecule has 2 fully saturated rings. The first-order valence-electron chi connectivity index (χ1n) is 9.42. The smallest absolute Gasteiger partial charge is 0.274 e. The number of likely N-dealkylation sites (tertiary alicyclic amines) is 2. The third-order valence-corrected chi connectivity index (χ3v) is 5.97. The highest BCUT2D eigenvalue weighted by molar-refractivity contribution is 6.30. The molecule has 1 amide bonds. The van der Waals surface area contributed by atoms with Crippen LogP contribution in [-0.2, 0) is 0 Å². The molecule has 2 saturated heterocycles. The number of pyridine rings is 1. The summed E-state index contributed by atoms with van der Waals surface area (Å²) in [7, 11) is 0. The van der Waals surface area contributed by atoms with E-state index in [0.29, 0.717) is 29.3 Å². The Kier molecular flexibility index (Phi) is 5.16. The summed E-state index contributed by atoms with van der Waals surface area (Å²) in [6.45, 7) is 3.88. The maximum atomic E-state index is 12.9. The van der Waals surface area contributed by atoms with E-state index < -0.39 is 0 Å². The lowest BCUT2D eigenvalue weighted by molar-refractivity contribution is 0.0442. The van der Waals surface area contributed by atoms with Gasteiger partial charge in [-0.3, -0.25) is 9.69 Å². The summed E-state index contributed by atoms with van der Waals surface area (Å²) in [5.74, 6) is 0.442. The summed E-state index contributed by atoms with van der Waals surface area (Å²) >= 11 is 6.02. The molecule has 0 radical (unpaired) electrons. The number of aliphatic hydroxyl groups is 1. The van der Waals surface area contributed by atoms with Crippen LogP contribution in [-0.4, -0.2) is 69.0 Å². The highest BCUT2D eigenvalue weighted by Gasteiger charge is 2.31. The molecular weight excluding hydrogens is 352 g/mol. The number of hydrogen-bond donors (Lipinski definition) is 1. The van der Waals surface area contributed by atoms with Gasteiger partial charge in [-0.25, -0.2) is 4.98 Å². The van der Waals surface area contributed by atoms with Gasteiger partial charge in [-0.2, -0.15) is 0 Å². The lowest BCUT2D eigenvalue weighted by Gasteiger charge is -2.42. The van der Waals surface area contributed by atoms with Gasteiger partial charge >= 0.3 is 0 Å². The number of aliphatic hydroxyl groups excluding tert-OH is 1. The van der Waals surface area contributed by atoms with Crippen LogP contribution in [0.15, 0.2) is 24.5 Å². The summed E-state index contributed by atoms with van der Waals surface area (Å²) in [5, 5.41) is 9.94. The minimum atomic E-state index is -0.000216. The molecule has 0 saturated carbocycles. The summed E-state index contributed by atoms with van der Waals surface area (Å²) < 4.78 is 1.80. The lowest BCUT2D eigenvalue weighted by atomic mass is 9.94. The zero-order valence-corrected chi connectivity index (χ0v) is 15.6. The maximum absolute atomic E-state index is 12.9. The van der Waals surface area contributed by atoms with E-state index in [4.69, 9.17) is 11.6 Å². The van der Waals surface area contributed by atoms with E-state index in [1.54, 1.807) is 22.9 Å². The third kappa shape index (κ3) is 3.59. The predicted octanol–water partition coefficient (Wildman–Crippen LogP) is 2.30. The third-order valence-electron chi connectivity index (χ3n) is 5.74. The number of carbonyl (C=O) groups is 1. The highest BCUT2D eigenvalue weighted by atomic mass is 35.5. The second kappa shape index (κ2) is 7.55. The summed E-state index contributed by atoms with van der Waals surface area (Å²) in [6, 6.07) is 4.02. The van der Waals surface area contributed by atoms with Crippen LogP contribution in [0, 0.1) is 5.92 Å². The molecular formula is C19H25ClN4O2. The van der Waals surface area contributed by atoms with Crippen molar-refractivity contribution in [3.63, 3.8) is 0 Å². The highest BCUT2D eigenvalue weighted by Crippen LogP contribution is 2.24. The van der Waals surface area contributed by atoms with Crippen molar-refractivity contribution >= 4 is 23.2 Å². The van der Waals surface area contributed by atoms with Gasteiger partial charge in [0.15, 0.2) is 0 Å². The molecule has 2 aromatic rings. The van der Waals surface area contributed by atoms with Crippen LogP contribution in [0.25, 0.3) is 5.65 Å². The van der Waals surface area contributed by atoms with E-state index in [1.807, 2.05) is 11.0 Å². The molecule has 26 heavy (non-hydrogen) atoms. The Bertz CT molecular complexity index is 785. The van der Waals surface area contributed by atoms with Gasteiger partial charge in [-0.15, -0.1) is 0 Å². The Morgan fingerprint density at radius 1 is 1.19 bits per heavy atom. The molecule has 1 atom stereocenters. The largest absolute Gasteiger partial charge is 0.396 e. The first kappa shape index (κ1) is 17.8. The number of amides is 1. The fourth-order valence-corrected chi connectivity index (χ4v) is 4.34. The standard InChI is InChI=1S/C19H25ClN4O2/c20-15-3-4-18-21-17(12-24(18)10-15)19(26)23-7-1-2-16(11-23)22-8-5-14(13-25)6-9-22/h3-4,10,12,14,16,25H,1-2,5-9,11,13H2/t16-/m0/s1. The van der Waals surface area contributed by atoms with Gasteiger partial charge in [0, 0.05) is 38.1 Å². The van der Waals surface area contributed by atoms with Crippen LogP contribution >= 0.6 is 11.6 Å². The zero-order chi connectivity index (χ0) is 18.1. The summed E-state index contributed by atoms with van der Waals surface area (Å²) in [5.41, 5.74) is 1.21.